The molecule has 1 heterocycles. The average Bonchev–Trinajstić information content (AvgIpc) is 3.20. The Morgan fingerprint density at radius 1 is 0.900 bits per heavy atom. The monoisotopic (exact) mass is 560 g/mol. The van der Waals surface area contributed by atoms with Crippen LogP contribution in [0.4, 0.5) is 0 Å². The number of methoxy groups -OCH3 is 1. The first-order valence-corrected chi connectivity index (χ1v) is 13.8. The fraction of sp³-hybridized carbons (Fsp3) is 0.312. The molecule has 1 aliphatic rings. The summed E-state index contributed by atoms with van der Waals surface area (Å²) in [6.07, 6.45) is 2.43. The van der Waals surface area contributed by atoms with Crippen molar-refractivity contribution in [2.24, 2.45) is 0 Å². The lowest BCUT2D eigenvalue weighted by molar-refractivity contribution is -0.122. The Kier molecular flexibility index (Phi) is 9.66. The van der Waals surface area contributed by atoms with Gasteiger partial charge in [0.1, 0.15) is 23.8 Å². The summed E-state index contributed by atoms with van der Waals surface area (Å²) in [5, 5.41) is 3.47. The van der Waals surface area contributed by atoms with Gasteiger partial charge in [0.25, 0.3) is 5.91 Å². The summed E-state index contributed by atoms with van der Waals surface area (Å²) < 4.78 is 23.1. The van der Waals surface area contributed by atoms with Gasteiger partial charge in [0.15, 0.2) is 16.6 Å². The Hall–Kier alpha value is -4.04. The van der Waals surface area contributed by atoms with Crippen molar-refractivity contribution in [1.29, 1.82) is 0 Å². The lowest BCUT2D eigenvalue weighted by atomic mass is 10.1. The highest BCUT2D eigenvalue weighted by atomic mass is 32.1. The number of hydrogen-bond acceptors (Lipinski definition) is 6. The number of ether oxygens (including phenoxy) is 4. The van der Waals surface area contributed by atoms with E-state index in [1.54, 1.807) is 18.1 Å². The minimum atomic E-state index is -0.162. The van der Waals surface area contributed by atoms with Crippen molar-refractivity contribution in [1.82, 2.24) is 10.2 Å². The zero-order valence-electron chi connectivity index (χ0n) is 23.7. The molecule has 7 nitrogen and oxygen atoms in total. The second-order valence-electron chi connectivity index (χ2n) is 9.42. The number of amides is 1. The van der Waals surface area contributed by atoms with Gasteiger partial charge in [-0.3, -0.25) is 9.69 Å². The van der Waals surface area contributed by atoms with Gasteiger partial charge in [-0.2, -0.15) is 0 Å². The highest BCUT2D eigenvalue weighted by Gasteiger charge is 2.30. The third kappa shape index (κ3) is 6.74. The first-order chi connectivity index (χ1) is 19.3. The Balaban J connectivity index is 1.47. The fourth-order valence-corrected chi connectivity index (χ4v) is 4.90. The second kappa shape index (κ2) is 13.3. The van der Waals surface area contributed by atoms with E-state index < -0.39 is 0 Å². The smallest absolute Gasteiger partial charge is 0.276 e. The summed E-state index contributed by atoms with van der Waals surface area (Å²) in [7, 11) is 1.63. The summed E-state index contributed by atoms with van der Waals surface area (Å²) in [5.41, 5.74) is 5.33. The number of hydrogen-bond donors (Lipinski definition) is 1. The first kappa shape index (κ1) is 29.0. The van der Waals surface area contributed by atoms with Crippen molar-refractivity contribution in [2.75, 3.05) is 26.9 Å². The highest BCUT2D eigenvalue weighted by Crippen LogP contribution is 2.30. The topological polar surface area (TPSA) is 69.3 Å². The van der Waals surface area contributed by atoms with Crippen LogP contribution in [0, 0.1) is 13.8 Å². The minimum Gasteiger partial charge on any atom is -0.496 e. The number of para-hydroxylation sites is 1. The molecule has 1 fully saturated rings. The molecule has 8 heteroatoms. The first-order valence-electron chi connectivity index (χ1n) is 13.4. The molecule has 3 aromatic carbocycles. The van der Waals surface area contributed by atoms with Crippen molar-refractivity contribution < 1.29 is 23.7 Å². The Morgan fingerprint density at radius 2 is 1.60 bits per heavy atom. The maximum atomic E-state index is 13.3. The van der Waals surface area contributed by atoms with Crippen LogP contribution in [0.2, 0.25) is 0 Å². The van der Waals surface area contributed by atoms with Crippen LogP contribution in [-0.2, 0) is 17.8 Å². The third-order valence-corrected chi connectivity index (χ3v) is 6.91. The number of nitrogens with one attached hydrogen (secondary N) is 1. The van der Waals surface area contributed by atoms with Crippen LogP contribution < -0.4 is 24.3 Å². The van der Waals surface area contributed by atoms with Crippen molar-refractivity contribution >= 4 is 29.3 Å². The molecule has 0 spiro atoms. The quantitative estimate of drug-likeness (QED) is 0.216. The van der Waals surface area contributed by atoms with Crippen LogP contribution in [0.3, 0.4) is 0 Å². The number of carbonyl (C=O) groups excluding carboxylic acids is 1. The molecular formula is C32H36N2O5S. The number of thiocarbonyl (C=S) groups is 1. The molecule has 1 saturated heterocycles. The summed E-state index contributed by atoms with van der Waals surface area (Å²) in [4.78, 5) is 14.8. The fourth-order valence-electron chi connectivity index (χ4n) is 4.61. The predicted octanol–water partition coefficient (Wildman–Crippen LogP) is 5.99. The van der Waals surface area contributed by atoms with E-state index in [-0.39, 0.29) is 5.91 Å². The van der Waals surface area contributed by atoms with Crippen molar-refractivity contribution in [3.63, 3.8) is 0 Å². The molecule has 0 radical (unpaired) electrons. The van der Waals surface area contributed by atoms with Gasteiger partial charge < -0.3 is 24.3 Å². The Bertz CT molecular complexity index is 1400. The molecule has 40 heavy (non-hydrogen) atoms. The lowest BCUT2D eigenvalue weighted by Crippen LogP contribution is -2.32. The molecule has 1 amide bonds. The van der Waals surface area contributed by atoms with E-state index >= 15 is 0 Å². The summed E-state index contributed by atoms with van der Waals surface area (Å²) in [5.74, 6) is 2.84. The predicted molar refractivity (Wildman–Crippen MR) is 161 cm³/mol. The maximum Gasteiger partial charge on any atom is 0.276 e. The number of aryl methyl sites for hydroxylation is 2. The van der Waals surface area contributed by atoms with E-state index in [0.717, 1.165) is 39.3 Å². The summed E-state index contributed by atoms with van der Waals surface area (Å²) in [6, 6.07) is 17.7. The largest absolute Gasteiger partial charge is 0.496 e. The highest BCUT2D eigenvalue weighted by molar-refractivity contribution is 7.80. The van der Waals surface area contributed by atoms with Gasteiger partial charge in [0.2, 0.25) is 0 Å². The number of benzene rings is 3. The standard InChI is InChI=1S/C32H36N2O5S/c1-6-37-28-14-11-23(19-29(28)38-7-2)15-16-34-31(35)26(33-32(34)40)18-24-12-13-27(36-5)25(17-24)20-39-30-21(3)9-8-10-22(30)4/h8-14,17-19H,6-7,15-16,20H2,1-5H3,(H,33,40)/b26-18+. The minimum absolute atomic E-state index is 0.162. The normalized spacial score (nSPS) is 13.9. The van der Waals surface area contributed by atoms with Crippen LogP contribution in [-0.4, -0.2) is 42.8 Å². The van der Waals surface area contributed by atoms with Crippen molar-refractivity contribution in [2.45, 2.75) is 40.7 Å². The van der Waals surface area contributed by atoms with Gasteiger partial charge in [0.05, 0.1) is 20.3 Å². The molecule has 0 atom stereocenters. The number of rotatable bonds is 12. The van der Waals surface area contributed by atoms with E-state index in [0.29, 0.717) is 55.1 Å². The molecule has 0 unspecified atom stereocenters. The van der Waals surface area contributed by atoms with Gasteiger partial charge in [0, 0.05) is 12.1 Å². The van der Waals surface area contributed by atoms with Crippen molar-refractivity contribution in [3.05, 3.63) is 88.1 Å². The average molecular weight is 561 g/mol. The summed E-state index contributed by atoms with van der Waals surface area (Å²) in [6.45, 7) is 9.82. The van der Waals surface area contributed by atoms with Crippen LogP contribution in [0.25, 0.3) is 6.08 Å². The Labute approximate surface area is 241 Å². The van der Waals surface area contributed by atoms with Crippen molar-refractivity contribution in [3.8, 4) is 23.0 Å². The molecule has 210 valence electrons. The van der Waals surface area contributed by atoms with Gasteiger partial charge in [-0.15, -0.1) is 0 Å². The molecule has 1 aliphatic heterocycles. The van der Waals surface area contributed by atoms with E-state index in [9.17, 15) is 4.79 Å². The molecule has 0 aromatic heterocycles. The van der Waals surface area contributed by atoms with E-state index in [1.165, 1.54) is 0 Å². The molecule has 3 aromatic rings. The zero-order chi connectivity index (χ0) is 28.6. The summed E-state index contributed by atoms with van der Waals surface area (Å²) >= 11 is 5.50. The van der Waals surface area contributed by atoms with E-state index in [1.807, 2.05) is 82.3 Å². The van der Waals surface area contributed by atoms with Crippen LogP contribution >= 0.6 is 12.2 Å². The second-order valence-corrected chi connectivity index (χ2v) is 9.81. The molecule has 1 N–H and O–H groups in total. The molecular weight excluding hydrogens is 524 g/mol. The van der Waals surface area contributed by atoms with Gasteiger partial charge in [-0.1, -0.05) is 30.3 Å². The SMILES string of the molecule is CCOc1ccc(CCN2C(=O)/C(=C\c3ccc(OC)c(COc4c(C)cccc4C)c3)NC2=S)cc1OCC. The van der Waals surface area contributed by atoms with Crippen LogP contribution in [0.1, 0.15) is 41.7 Å². The number of carbonyl (C=O) groups is 1. The van der Waals surface area contributed by atoms with E-state index in [2.05, 4.69) is 5.32 Å². The van der Waals surface area contributed by atoms with Gasteiger partial charge in [-0.25, -0.2) is 0 Å². The third-order valence-electron chi connectivity index (χ3n) is 6.59. The molecule has 0 bridgehead atoms. The van der Waals surface area contributed by atoms with Crippen LogP contribution in [0.15, 0.2) is 60.3 Å². The Morgan fingerprint density at radius 3 is 2.30 bits per heavy atom. The maximum absolute atomic E-state index is 13.3. The molecule has 4 rings (SSSR count). The zero-order valence-corrected chi connectivity index (χ0v) is 24.5. The molecule has 0 saturated carbocycles. The number of nitrogens with zero attached hydrogens (tertiary/aromatic N) is 1. The molecule has 0 aliphatic carbocycles. The van der Waals surface area contributed by atoms with Gasteiger partial charge in [-0.05, 0) is 98.9 Å². The van der Waals surface area contributed by atoms with Gasteiger partial charge >= 0.3 is 0 Å². The van der Waals surface area contributed by atoms with E-state index in [4.69, 9.17) is 31.2 Å². The lowest BCUT2D eigenvalue weighted by Gasteiger charge is -2.16. The van der Waals surface area contributed by atoms with Crippen LogP contribution in [0.5, 0.6) is 23.0 Å².